The first kappa shape index (κ1) is 24.7. The van der Waals surface area contributed by atoms with Gasteiger partial charge in [-0.05, 0) is 17.7 Å². The quantitative estimate of drug-likeness (QED) is 0.171. The van der Waals surface area contributed by atoms with Gasteiger partial charge in [0.2, 0.25) is 12.8 Å². The van der Waals surface area contributed by atoms with E-state index in [9.17, 15) is 40.8 Å². The number of nitro groups is 1. The number of aliphatic hydroxyl groups is 6. The topological polar surface area (TPSA) is 201 Å². The Morgan fingerprint density at radius 2 is 1.59 bits per heavy atom. The summed E-state index contributed by atoms with van der Waals surface area (Å²) in [5, 5.41) is 70.1. The van der Waals surface area contributed by atoms with Gasteiger partial charge in [0.25, 0.3) is 0 Å². The molecular weight excluding hydrogens is 434 g/mol. The number of hydrogen-bond acceptors (Lipinski definition) is 12. The molecule has 2 fully saturated rings. The molecule has 13 nitrogen and oxygen atoms in total. The molecular formula is C19H27NO12. The van der Waals surface area contributed by atoms with Crippen molar-refractivity contribution >= 4 is 0 Å². The molecule has 13 heteroatoms. The SMILES string of the molecule is O=[N+]([O-])CCc1ccc(O[C@@H]2O[C@H](CO[C@@H]3OC[C@H](O)[C@H](O)[C@H]3O)[C@@H](O)[C@H](O)[C@H]2O)cc1. The minimum Gasteiger partial charge on any atom is -0.462 e. The van der Waals surface area contributed by atoms with Gasteiger partial charge in [-0.25, -0.2) is 0 Å². The van der Waals surface area contributed by atoms with Crippen LogP contribution >= 0.6 is 0 Å². The van der Waals surface area contributed by atoms with E-state index in [4.69, 9.17) is 18.9 Å². The third-order valence-corrected chi connectivity index (χ3v) is 5.31. The van der Waals surface area contributed by atoms with Crippen LogP contribution in [0.15, 0.2) is 24.3 Å². The van der Waals surface area contributed by atoms with Crippen LogP contribution in [0.5, 0.6) is 5.75 Å². The molecule has 1 aromatic carbocycles. The largest absolute Gasteiger partial charge is 0.462 e. The molecule has 0 amide bonds. The van der Waals surface area contributed by atoms with Crippen LogP contribution in [0.25, 0.3) is 0 Å². The van der Waals surface area contributed by atoms with Crippen LogP contribution in [0.3, 0.4) is 0 Å². The molecule has 3 rings (SSSR count). The highest BCUT2D eigenvalue weighted by molar-refractivity contribution is 5.27. The first-order valence-electron chi connectivity index (χ1n) is 10.0. The molecule has 2 saturated heterocycles. The zero-order chi connectivity index (χ0) is 23.4. The monoisotopic (exact) mass is 461 g/mol. The van der Waals surface area contributed by atoms with E-state index in [2.05, 4.69) is 0 Å². The van der Waals surface area contributed by atoms with E-state index in [1.165, 1.54) is 12.1 Å². The van der Waals surface area contributed by atoms with Crippen molar-refractivity contribution in [2.75, 3.05) is 19.8 Å². The number of benzene rings is 1. The summed E-state index contributed by atoms with van der Waals surface area (Å²) in [7, 11) is 0. The van der Waals surface area contributed by atoms with Crippen molar-refractivity contribution in [2.24, 2.45) is 0 Å². The number of aliphatic hydroxyl groups excluding tert-OH is 6. The predicted molar refractivity (Wildman–Crippen MR) is 103 cm³/mol. The Bertz CT molecular complexity index is 748. The molecule has 0 aliphatic carbocycles. The van der Waals surface area contributed by atoms with Crippen LogP contribution < -0.4 is 4.74 Å². The minimum atomic E-state index is -1.63. The van der Waals surface area contributed by atoms with Gasteiger partial charge in [0.1, 0.15) is 48.5 Å². The lowest BCUT2D eigenvalue weighted by molar-refractivity contribution is -0.479. The second-order valence-electron chi connectivity index (χ2n) is 7.67. The van der Waals surface area contributed by atoms with Crippen LogP contribution in [0.4, 0.5) is 0 Å². The van der Waals surface area contributed by atoms with Gasteiger partial charge in [-0.2, -0.15) is 0 Å². The van der Waals surface area contributed by atoms with Crippen molar-refractivity contribution in [3.8, 4) is 5.75 Å². The number of rotatable bonds is 8. The van der Waals surface area contributed by atoms with Crippen molar-refractivity contribution in [3.05, 3.63) is 39.9 Å². The zero-order valence-corrected chi connectivity index (χ0v) is 16.9. The zero-order valence-electron chi connectivity index (χ0n) is 16.9. The number of ether oxygens (including phenoxy) is 4. The molecule has 32 heavy (non-hydrogen) atoms. The van der Waals surface area contributed by atoms with Crippen LogP contribution in [-0.4, -0.2) is 111 Å². The van der Waals surface area contributed by atoms with E-state index in [0.717, 1.165) is 0 Å². The van der Waals surface area contributed by atoms with E-state index in [0.29, 0.717) is 5.56 Å². The fraction of sp³-hybridized carbons (Fsp3) is 0.684. The molecule has 0 saturated carbocycles. The molecule has 2 aliphatic rings. The lowest BCUT2D eigenvalue weighted by atomic mass is 9.99. The van der Waals surface area contributed by atoms with Gasteiger partial charge >= 0.3 is 0 Å². The van der Waals surface area contributed by atoms with Crippen LogP contribution in [0.2, 0.25) is 0 Å². The summed E-state index contributed by atoms with van der Waals surface area (Å²) >= 11 is 0. The molecule has 0 unspecified atom stereocenters. The van der Waals surface area contributed by atoms with Crippen molar-refractivity contribution in [1.82, 2.24) is 0 Å². The van der Waals surface area contributed by atoms with E-state index >= 15 is 0 Å². The number of hydrogen-bond donors (Lipinski definition) is 6. The number of nitrogens with zero attached hydrogens (tertiary/aromatic N) is 1. The maximum Gasteiger partial charge on any atom is 0.229 e. The van der Waals surface area contributed by atoms with Gasteiger partial charge < -0.3 is 49.6 Å². The summed E-state index contributed by atoms with van der Waals surface area (Å²) in [4.78, 5) is 10.0. The van der Waals surface area contributed by atoms with Crippen molar-refractivity contribution < 1.29 is 54.5 Å². The van der Waals surface area contributed by atoms with Gasteiger partial charge in [-0.15, -0.1) is 0 Å². The second kappa shape index (κ2) is 10.8. The maximum absolute atomic E-state index is 10.5. The summed E-state index contributed by atoms with van der Waals surface area (Å²) in [6.07, 6.45) is -12.7. The van der Waals surface area contributed by atoms with Gasteiger partial charge in [-0.1, -0.05) is 12.1 Å². The highest BCUT2D eigenvalue weighted by atomic mass is 16.7. The first-order chi connectivity index (χ1) is 15.2. The molecule has 0 bridgehead atoms. The lowest BCUT2D eigenvalue weighted by Gasteiger charge is -2.41. The standard InChI is InChI=1S/C19H27NO12/c21-11-7-29-18(16(25)13(11)22)30-8-12-14(23)15(24)17(26)19(32-12)31-10-3-1-9(2-4-10)5-6-20(27)28/h1-4,11-19,21-26H,5-8H2/t11-,12+,13-,14+,15-,16+,17+,18-,19+/m0/s1. The first-order valence-corrected chi connectivity index (χ1v) is 10.0. The van der Waals surface area contributed by atoms with Crippen molar-refractivity contribution in [2.45, 2.75) is 61.7 Å². The fourth-order valence-corrected chi connectivity index (χ4v) is 3.36. The Balaban J connectivity index is 1.58. The summed E-state index contributed by atoms with van der Waals surface area (Å²) in [6, 6.07) is 6.27. The molecule has 1 aromatic rings. The maximum atomic E-state index is 10.5. The van der Waals surface area contributed by atoms with E-state index < -0.39 is 66.8 Å². The Labute approximate surface area is 182 Å². The summed E-state index contributed by atoms with van der Waals surface area (Å²) in [5.74, 6) is 0.255. The molecule has 2 aliphatic heterocycles. The average Bonchev–Trinajstić information content (AvgIpc) is 2.77. The molecule has 0 radical (unpaired) electrons. The van der Waals surface area contributed by atoms with E-state index in [-0.39, 0.29) is 25.3 Å². The summed E-state index contributed by atoms with van der Waals surface area (Å²) in [5.41, 5.74) is 0.708. The molecule has 180 valence electrons. The third kappa shape index (κ3) is 5.89. The highest BCUT2D eigenvalue weighted by Crippen LogP contribution is 2.26. The predicted octanol–water partition coefficient (Wildman–Crippen LogP) is -2.85. The minimum absolute atomic E-state index is 0.216. The lowest BCUT2D eigenvalue weighted by Crippen LogP contribution is -2.61. The Morgan fingerprint density at radius 1 is 0.938 bits per heavy atom. The van der Waals surface area contributed by atoms with Crippen LogP contribution in [0.1, 0.15) is 5.56 Å². The van der Waals surface area contributed by atoms with Gasteiger partial charge in [-0.3, -0.25) is 10.1 Å². The Hall–Kier alpha value is -1.94. The molecule has 9 atom stereocenters. The normalized spacial score (nSPS) is 37.8. The van der Waals surface area contributed by atoms with Crippen LogP contribution in [0, 0.1) is 10.1 Å². The Morgan fingerprint density at radius 3 is 2.25 bits per heavy atom. The molecule has 0 aromatic heterocycles. The highest BCUT2D eigenvalue weighted by Gasteiger charge is 2.46. The second-order valence-corrected chi connectivity index (χ2v) is 7.67. The summed E-state index contributed by atoms with van der Waals surface area (Å²) < 4.78 is 21.5. The van der Waals surface area contributed by atoms with Gasteiger partial charge in [0.05, 0.1) is 13.2 Å². The summed E-state index contributed by atoms with van der Waals surface area (Å²) in [6.45, 7) is -0.886. The molecule has 6 N–H and O–H groups in total. The Kier molecular flexibility index (Phi) is 8.32. The fourth-order valence-electron chi connectivity index (χ4n) is 3.36. The van der Waals surface area contributed by atoms with E-state index in [1.54, 1.807) is 12.1 Å². The van der Waals surface area contributed by atoms with Crippen molar-refractivity contribution in [1.29, 1.82) is 0 Å². The average molecular weight is 461 g/mol. The molecule has 2 heterocycles. The van der Waals surface area contributed by atoms with E-state index in [1.807, 2.05) is 0 Å². The third-order valence-electron chi connectivity index (χ3n) is 5.31. The molecule has 0 spiro atoms. The van der Waals surface area contributed by atoms with Crippen molar-refractivity contribution in [3.63, 3.8) is 0 Å². The van der Waals surface area contributed by atoms with Gasteiger partial charge in [0, 0.05) is 11.3 Å². The smallest absolute Gasteiger partial charge is 0.229 e. The van der Waals surface area contributed by atoms with Gasteiger partial charge in [0.15, 0.2) is 6.29 Å². The van der Waals surface area contributed by atoms with Crippen LogP contribution in [-0.2, 0) is 20.6 Å².